The smallest absolute Gasteiger partial charge is 0.114 e. The van der Waals surface area contributed by atoms with Gasteiger partial charge in [-0.2, -0.15) is 8.75 Å². The molecule has 0 N–H and O–H groups in total. The zero-order chi connectivity index (χ0) is 16.4. The van der Waals surface area contributed by atoms with Crippen LogP contribution in [0.15, 0.2) is 43.0 Å². The number of nitrogens with zero attached hydrogens (tertiary/aromatic N) is 2. The van der Waals surface area contributed by atoms with Gasteiger partial charge in [0.2, 0.25) is 0 Å². The van der Waals surface area contributed by atoms with Crippen LogP contribution in [-0.2, 0) is 0 Å². The minimum atomic E-state index is 0.552. The number of fused-ring (bicyclic) bond motifs is 1. The first-order chi connectivity index (χ1) is 11.2. The highest BCUT2D eigenvalue weighted by Gasteiger charge is 2.15. The van der Waals surface area contributed by atoms with Crippen LogP contribution >= 0.6 is 34.8 Å². The van der Waals surface area contributed by atoms with Crippen molar-refractivity contribution in [1.82, 2.24) is 8.75 Å². The van der Waals surface area contributed by atoms with E-state index < -0.39 is 0 Å². The molecule has 2 nitrogen and oxygen atoms in total. The largest absolute Gasteiger partial charge is 0.172 e. The van der Waals surface area contributed by atoms with Crippen molar-refractivity contribution in [2.75, 3.05) is 6.26 Å². The van der Waals surface area contributed by atoms with Crippen LogP contribution < -0.4 is 0 Å². The molecule has 23 heavy (non-hydrogen) atoms. The summed E-state index contributed by atoms with van der Waals surface area (Å²) in [6.07, 6.45) is 5.92. The molecular weight excluding hydrogens is 340 g/mol. The summed E-state index contributed by atoms with van der Waals surface area (Å²) in [7, 11) is 0. The monoisotopic (exact) mass is 358 g/mol. The quantitative estimate of drug-likeness (QED) is 0.491. The fourth-order valence-electron chi connectivity index (χ4n) is 2.45. The fraction of sp³-hybridized carbons (Fsp3) is 0.222. The molecule has 0 saturated heterocycles. The molecule has 0 saturated carbocycles. The van der Waals surface area contributed by atoms with Crippen LogP contribution in [-0.4, -0.2) is 15.0 Å². The van der Waals surface area contributed by atoms with Gasteiger partial charge in [0, 0.05) is 25.8 Å². The summed E-state index contributed by atoms with van der Waals surface area (Å²) < 4.78 is 9.11. The van der Waals surface area contributed by atoms with Crippen LogP contribution in [0.2, 0.25) is 0 Å². The zero-order valence-corrected chi connectivity index (χ0v) is 15.8. The lowest BCUT2D eigenvalue weighted by atomic mass is 10.1. The maximum atomic E-state index is 4.56. The summed E-state index contributed by atoms with van der Waals surface area (Å²) in [4.78, 5) is 3.83. The number of hydrogen-bond acceptors (Lipinski definition) is 5. The van der Waals surface area contributed by atoms with Crippen LogP contribution in [0, 0.1) is 0 Å². The molecule has 0 bridgehead atoms. The van der Waals surface area contributed by atoms with Gasteiger partial charge in [-0.3, -0.25) is 0 Å². The van der Waals surface area contributed by atoms with Gasteiger partial charge in [-0.25, -0.2) is 0 Å². The first-order valence-electron chi connectivity index (χ1n) is 7.38. The molecule has 0 radical (unpaired) electrons. The average molecular weight is 359 g/mol. The summed E-state index contributed by atoms with van der Waals surface area (Å²) in [6.45, 7) is 8.26. The van der Waals surface area contributed by atoms with Crippen molar-refractivity contribution < 1.29 is 0 Å². The van der Waals surface area contributed by atoms with Gasteiger partial charge in [-0.1, -0.05) is 38.6 Å². The average Bonchev–Trinajstić information content (AvgIpc) is 3.21. The Bertz CT molecular complexity index is 871. The Kier molecular flexibility index (Phi) is 4.99. The van der Waals surface area contributed by atoms with Crippen LogP contribution in [0.25, 0.3) is 26.4 Å². The van der Waals surface area contributed by atoms with E-state index in [1.807, 2.05) is 23.5 Å². The Hall–Kier alpha value is -1.43. The van der Waals surface area contributed by atoms with Crippen LogP contribution in [0.3, 0.4) is 0 Å². The maximum Gasteiger partial charge on any atom is 0.114 e. The number of benzene rings is 1. The lowest BCUT2D eigenvalue weighted by molar-refractivity contribution is 0.890. The zero-order valence-electron chi connectivity index (χ0n) is 13.4. The van der Waals surface area contributed by atoms with Crippen LogP contribution in [0.4, 0.5) is 0 Å². The van der Waals surface area contributed by atoms with E-state index in [0.29, 0.717) is 5.92 Å². The highest BCUT2D eigenvalue weighted by atomic mass is 32.2. The molecule has 2 heterocycles. The molecule has 0 aliphatic rings. The summed E-state index contributed by atoms with van der Waals surface area (Å²) in [5.74, 6) is 0.552. The lowest BCUT2D eigenvalue weighted by Crippen LogP contribution is -1.86. The summed E-state index contributed by atoms with van der Waals surface area (Å²) in [5.41, 5.74) is 4.28. The van der Waals surface area contributed by atoms with Crippen molar-refractivity contribution in [3.8, 4) is 10.4 Å². The van der Waals surface area contributed by atoms with Gasteiger partial charge in [0.15, 0.2) is 0 Å². The minimum absolute atomic E-state index is 0.552. The second-order valence-electron chi connectivity index (χ2n) is 5.45. The number of hydrogen-bond donors (Lipinski definition) is 0. The molecule has 2 aromatic heterocycles. The highest BCUT2D eigenvalue weighted by Crippen LogP contribution is 2.39. The van der Waals surface area contributed by atoms with E-state index in [-0.39, 0.29) is 0 Å². The molecule has 0 atom stereocenters. The van der Waals surface area contributed by atoms with Gasteiger partial charge >= 0.3 is 0 Å². The van der Waals surface area contributed by atoms with E-state index in [0.717, 1.165) is 16.6 Å². The van der Waals surface area contributed by atoms with Gasteiger partial charge in [-0.15, -0.1) is 23.1 Å². The lowest BCUT2D eigenvalue weighted by Gasteiger charge is -2.07. The summed E-state index contributed by atoms with van der Waals surface area (Å²) >= 11 is 4.83. The van der Waals surface area contributed by atoms with E-state index in [4.69, 9.17) is 0 Å². The fourth-order valence-corrected chi connectivity index (χ4v) is 4.67. The number of allylic oxidation sites excluding steroid dienone is 2. The second-order valence-corrected chi connectivity index (χ2v) is 7.94. The van der Waals surface area contributed by atoms with Crippen molar-refractivity contribution in [2.24, 2.45) is 0 Å². The Morgan fingerprint density at radius 3 is 2.61 bits per heavy atom. The van der Waals surface area contributed by atoms with E-state index in [9.17, 15) is 0 Å². The predicted octanol–water partition coefficient (Wildman–Crippen LogP) is 6.43. The van der Waals surface area contributed by atoms with Gasteiger partial charge in [0.05, 0.1) is 11.7 Å². The molecule has 1 aromatic carbocycles. The third kappa shape index (κ3) is 3.13. The van der Waals surface area contributed by atoms with Crippen molar-refractivity contribution in [3.05, 3.63) is 53.4 Å². The third-order valence-corrected chi connectivity index (χ3v) is 6.37. The van der Waals surface area contributed by atoms with Crippen LogP contribution in [0.5, 0.6) is 0 Å². The first-order valence-corrected chi connectivity index (χ1v) is 10.1. The second kappa shape index (κ2) is 6.99. The highest BCUT2D eigenvalue weighted by molar-refractivity contribution is 8.07. The molecule has 3 rings (SSSR count). The number of aromatic nitrogens is 2. The normalized spacial score (nSPS) is 12.3. The Morgan fingerprint density at radius 1 is 1.17 bits per heavy atom. The summed E-state index contributed by atoms with van der Waals surface area (Å²) in [6, 6.07) is 8.74. The molecule has 0 amide bonds. The Morgan fingerprint density at radius 2 is 1.96 bits per heavy atom. The van der Waals surface area contributed by atoms with E-state index in [2.05, 4.69) is 59.7 Å². The molecule has 0 aliphatic heterocycles. The minimum Gasteiger partial charge on any atom is -0.172 e. The molecule has 0 spiro atoms. The molecule has 3 aromatic rings. The molecule has 5 heteroatoms. The van der Waals surface area contributed by atoms with E-state index >= 15 is 0 Å². The number of thiophene rings is 1. The van der Waals surface area contributed by atoms with E-state index in [1.165, 1.54) is 32.0 Å². The SMILES string of the molecule is C=C/C=C(\SC)c1ccc(-c2ccc(C(C)C)s2)c2nsnc12. The van der Waals surface area contributed by atoms with Crippen LogP contribution in [0.1, 0.15) is 30.2 Å². The topological polar surface area (TPSA) is 25.8 Å². The van der Waals surface area contributed by atoms with Crippen molar-refractivity contribution in [1.29, 1.82) is 0 Å². The number of rotatable bonds is 5. The van der Waals surface area contributed by atoms with Gasteiger partial charge < -0.3 is 0 Å². The van der Waals surface area contributed by atoms with Gasteiger partial charge in [0.1, 0.15) is 11.0 Å². The van der Waals surface area contributed by atoms with Crippen molar-refractivity contribution in [3.63, 3.8) is 0 Å². The van der Waals surface area contributed by atoms with E-state index in [1.54, 1.807) is 11.8 Å². The maximum absolute atomic E-state index is 4.56. The molecular formula is C18H18N2S3. The third-order valence-electron chi connectivity index (χ3n) is 3.63. The Balaban J connectivity index is 2.16. The Labute approximate surface area is 149 Å². The molecule has 0 unspecified atom stereocenters. The number of thioether (sulfide) groups is 1. The summed E-state index contributed by atoms with van der Waals surface area (Å²) in [5, 5.41) is 0. The predicted molar refractivity (Wildman–Crippen MR) is 107 cm³/mol. The van der Waals surface area contributed by atoms with Crippen molar-refractivity contribution >= 4 is 50.8 Å². The van der Waals surface area contributed by atoms with Gasteiger partial charge in [-0.05, 0) is 30.4 Å². The van der Waals surface area contributed by atoms with Crippen molar-refractivity contribution in [2.45, 2.75) is 19.8 Å². The molecule has 0 fully saturated rings. The molecule has 0 aliphatic carbocycles. The molecule has 118 valence electrons. The first kappa shape index (κ1) is 16.4. The van der Waals surface area contributed by atoms with Gasteiger partial charge in [0.25, 0.3) is 0 Å². The standard InChI is InChI=1S/C18H18N2S3/c1-5-6-15(21-4)12-7-8-13(18-17(12)19-23-20-18)16-10-9-14(22-16)11(2)3/h5-11H,1H2,2-4H3/b15-6-.